The summed E-state index contributed by atoms with van der Waals surface area (Å²) in [5.41, 5.74) is 0.946. The zero-order chi connectivity index (χ0) is 16.2. The molecule has 2 aromatic rings. The van der Waals surface area contributed by atoms with Gasteiger partial charge in [-0.05, 0) is 44.0 Å². The van der Waals surface area contributed by atoms with Crippen LogP contribution in [0.25, 0.3) is 5.69 Å². The highest BCUT2D eigenvalue weighted by atomic mass is 19.1. The van der Waals surface area contributed by atoms with Crippen molar-refractivity contribution in [3.63, 3.8) is 0 Å². The zero-order valence-electron chi connectivity index (χ0n) is 12.8. The number of rotatable bonds is 4. The molecule has 1 saturated heterocycles. The highest BCUT2D eigenvalue weighted by Gasteiger charge is 2.23. The molecule has 2 atom stereocenters. The van der Waals surface area contributed by atoms with Crippen LogP contribution in [0.4, 0.5) is 14.9 Å². The minimum Gasteiger partial charge on any atom is -0.376 e. The minimum atomic E-state index is -0.427. The second kappa shape index (κ2) is 6.78. The van der Waals surface area contributed by atoms with Gasteiger partial charge in [0.05, 0.1) is 23.5 Å². The van der Waals surface area contributed by atoms with Gasteiger partial charge in [-0.1, -0.05) is 0 Å². The average molecular weight is 318 g/mol. The molecule has 0 saturated carbocycles. The predicted octanol–water partition coefficient (Wildman–Crippen LogP) is 2.70. The van der Waals surface area contributed by atoms with Crippen LogP contribution in [-0.2, 0) is 4.74 Å². The molecular weight excluding hydrogens is 299 g/mol. The molecule has 0 aliphatic carbocycles. The lowest BCUT2D eigenvalue weighted by Crippen LogP contribution is -2.43. The Morgan fingerprint density at radius 1 is 1.52 bits per heavy atom. The molecule has 2 heterocycles. The molecule has 0 bridgehead atoms. The Morgan fingerprint density at radius 3 is 3.09 bits per heavy atom. The third kappa shape index (κ3) is 3.68. The lowest BCUT2D eigenvalue weighted by atomic mass is 10.1. The van der Waals surface area contributed by atoms with Gasteiger partial charge in [-0.25, -0.2) is 13.9 Å². The Bertz CT molecular complexity index is 669. The van der Waals surface area contributed by atoms with E-state index in [0.29, 0.717) is 11.4 Å². The highest BCUT2D eigenvalue weighted by Crippen LogP contribution is 2.21. The predicted molar refractivity (Wildman–Crippen MR) is 84.1 cm³/mol. The SMILES string of the molecule is C[C@@H](NC(=O)Nc1cc(F)ccc1-n1cccn1)[C@@H]1CCCO1. The first-order chi connectivity index (χ1) is 11.1. The van der Waals surface area contributed by atoms with Gasteiger partial charge in [0.2, 0.25) is 0 Å². The van der Waals surface area contributed by atoms with Crippen LogP contribution in [0, 0.1) is 5.82 Å². The van der Waals surface area contributed by atoms with Crippen molar-refractivity contribution in [3.05, 3.63) is 42.5 Å². The molecule has 0 spiro atoms. The van der Waals surface area contributed by atoms with E-state index in [1.807, 2.05) is 6.92 Å². The number of halogens is 1. The molecule has 2 amide bonds. The summed E-state index contributed by atoms with van der Waals surface area (Å²) < 4.78 is 20.6. The van der Waals surface area contributed by atoms with E-state index in [-0.39, 0.29) is 12.1 Å². The summed E-state index contributed by atoms with van der Waals surface area (Å²) in [6, 6.07) is 5.42. The molecule has 7 heteroatoms. The van der Waals surface area contributed by atoms with Gasteiger partial charge in [0.1, 0.15) is 5.82 Å². The van der Waals surface area contributed by atoms with Gasteiger partial charge in [0, 0.05) is 19.0 Å². The molecule has 1 aliphatic rings. The molecule has 2 N–H and O–H groups in total. The number of carbonyl (C=O) groups excluding carboxylic acids is 1. The summed E-state index contributed by atoms with van der Waals surface area (Å²) in [7, 11) is 0. The van der Waals surface area contributed by atoms with Gasteiger partial charge < -0.3 is 15.4 Å². The Labute approximate surface area is 133 Å². The first-order valence-electron chi connectivity index (χ1n) is 7.62. The van der Waals surface area contributed by atoms with Gasteiger partial charge in [-0.15, -0.1) is 0 Å². The van der Waals surface area contributed by atoms with E-state index in [4.69, 9.17) is 4.74 Å². The van der Waals surface area contributed by atoms with Crippen molar-refractivity contribution in [1.29, 1.82) is 0 Å². The Hall–Kier alpha value is -2.41. The first kappa shape index (κ1) is 15.5. The molecule has 1 aromatic heterocycles. The van der Waals surface area contributed by atoms with Crippen LogP contribution in [0.1, 0.15) is 19.8 Å². The Morgan fingerprint density at radius 2 is 2.39 bits per heavy atom. The average Bonchev–Trinajstić information content (AvgIpc) is 3.21. The fraction of sp³-hybridized carbons (Fsp3) is 0.375. The van der Waals surface area contributed by atoms with E-state index in [1.54, 1.807) is 29.2 Å². The number of nitrogens with one attached hydrogen (secondary N) is 2. The number of hydrogen-bond acceptors (Lipinski definition) is 3. The van der Waals surface area contributed by atoms with Crippen LogP contribution in [0.15, 0.2) is 36.7 Å². The Balaban J connectivity index is 1.71. The summed E-state index contributed by atoms with van der Waals surface area (Å²) in [5.74, 6) is -0.427. The number of carbonyl (C=O) groups is 1. The van der Waals surface area contributed by atoms with E-state index in [0.717, 1.165) is 19.4 Å². The van der Waals surface area contributed by atoms with Crippen molar-refractivity contribution in [2.75, 3.05) is 11.9 Å². The van der Waals surface area contributed by atoms with E-state index in [1.165, 1.54) is 12.1 Å². The molecule has 6 nitrogen and oxygen atoms in total. The molecule has 1 fully saturated rings. The summed E-state index contributed by atoms with van der Waals surface area (Å²) >= 11 is 0. The number of hydrogen-bond donors (Lipinski definition) is 2. The Kier molecular flexibility index (Phi) is 4.57. The standard InChI is InChI=1S/C16H19FN4O2/c1-11(15-4-2-9-23-15)19-16(22)20-13-10-12(17)5-6-14(13)21-8-3-7-18-21/h3,5-8,10-11,15H,2,4,9H2,1H3,(H2,19,20,22)/t11-,15+/m1/s1. The molecule has 1 aromatic carbocycles. The second-order valence-corrected chi connectivity index (χ2v) is 5.55. The van der Waals surface area contributed by atoms with Gasteiger partial charge in [0.25, 0.3) is 0 Å². The van der Waals surface area contributed by atoms with Gasteiger partial charge in [0.15, 0.2) is 0 Å². The fourth-order valence-electron chi connectivity index (χ4n) is 2.67. The maximum absolute atomic E-state index is 13.5. The molecule has 122 valence electrons. The normalized spacial score (nSPS) is 18.6. The molecule has 1 aliphatic heterocycles. The number of urea groups is 1. The van der Waals surface area contributed by atoms with E-state index < -0.39 is 11.8 Å². The minimum absolute atomic E-state index is 0.0267. The van der Waals surface area contributed by atoms with Crippen LogP contribution in [0.3, 0.4) is 0 Å². The third-order valence-corrected chi connectivity index (χ3v) is 3.84. The number of amides is 2. The van der Waals surface area contributed by atoms with Crippen molar-refractivity contribution < 1.29 is 13.9 Å². The van der Waals surface area contributed by atoms with Gasteiger partial charge >= 0.3 is 6.03 Å². The molecule has 0 radical (unpaired) electrons. The maximum atomic E-state index is 13.5. The monoisotopic (exact) mass is 318 g/mol. The van der Waals surface area contributed by atoms with Gasteiger partial charge in [-0.3, -0.25) is 0 Å². The summed E-state index contributed by atoms with van der Waals surface area (Å²) in [5, 5.41) is 9.63. The lowest BCUT2D eigenvalue weighted by Gasteiger charge is -2.20. The zero-order valence-corrected chi connectivity index (χ0v) is 12.8. The number of anilines is 1. The van der Waals surface area contributed by atoms with Crippen LogP contribution in [0.5, 0.6) is 0 Å². The van der Waals surface area contributed by atoms with Crippen LogP contribution in [0.2, 0.25) is 0 Å². The molecule has 23 heavy (non-hydrogen) atoms. The fourth-order valence-corrected chi connectivity index (χ4v) is 2.67. The first-order valence-corrected chi connectivity index (χ1v) is 7.62. The van der Waals surface area contributed by atoms with E-state index in [2.05, 4.69) is 15.7 Å². The van der Waals surface area contributed by atoms with Crippen molar-refractivity contribution in [2.45, 2.75) is 31.9 Å². The summed E-state index contributed by atoms with van der Waals surface area (Å²) in [6.45, 7) is 2.63. The van der Waals surface area contributed by atoms with Crippen LogP contribution >= 0.6 is 0 Å². The van der Waals surface area contributed by atoms with Crippen molar-refractivity contribution in [2.24, 2.45) is 0 Å². The van der Waals surface area contributed by atoms with E-state index in [9.17, 15) is 9.18 Å². The van der Waals surface area contributed by atoms with Crippen molar-refractivity contribution >= 4 is 11.7 Å². The maximum Gasteiger partial charge on any atom is 0.319 e. The quantitative estimate of drug-likeness (QED) is 0.911. The lowest BCUT2D eigenvalue weighted by molar-refractivity contribution is 0.0868. The van der Waals surface area contributed by atoms with Gasteiger partial charge in [-0.2, -0.15) is 5.10 Å². The van der Waals surface area contributed by atoms with E-state index >= 15 is 0 Å². The van der Waals surface area contributed by atoms with Crippen molar-refractivity contribution in [3.8, 4) is 5.69 Å². The largest absolute Gasteiger partial charge is 0.376 e. The molecule has 3 rings (SSSR count). The van der Waals surface area contributed by atoms with Crippen LogP contribution < -0.4 is 10.6 Å². The smallest absolute Gasteiger partial charge is 0.319 e. The molecule has 0 unspecified atom stereocenters. The number of nitrogens with zero attached hydrogens (tertiary/aromatic N) is 2. The third-order valence-electron chi connectivity index (χ3n) is 3.84. The van der Waals surface area contributed by atoms with Crippen LogP contribution in [-0.4, -0.2) is 34.6 Å². The molecular formula is C16H19FN4O2. The second-order valence-electron chi connectivity index (χ2n) is 5.55. The number of benzene rings is 1. The summed E-state index contributed by atoms with van der Waals surface area (Å²) in [4.78, 5) is 12.2. The highest BCUT2D eigenvalue weighted by molar-refractivity contribution is 5.91. The summed E-state index contributed by atoms with van der Waals surface area (Å²) in [6.07, 6.45) is 5.31. The van der Waals surface area contributed by atoms with Crippen molar-refractivity contribution in [1.82, 2.24) is 15.1 Å². The topological polar surface area (TPSA) is 68.2 Å². The number of ether oxygens (including phenoxy) is 1. The number of aromatic nitrogens is 2.